The summed E-state index contributed by atoms with van der Waals surface area (Å²) < 4.78 is 26.4. The summed E-state index contributed by atoms with van der Waals surface area (Å²) in [7, 11) is -3.69. The summed E-state index contributed by atoms with van der Waals surface area (Å²) >= 11 is 0. The first-order valence-corrected chi connectivity index (χ1v) is 9.76. The van der Waals surface area contributed by atoms with Crippen molar-refractivity contribution in [3.8, 4) is 0 Å². The monoisotopic (exact) mass is 370 g/mol. The zero-order valence-electron chi connectivity index (χ0n) is 15.0. The lowest BCUT2D eigenvalue weighted by Gasteiger charge is -2.21. The second-order valence-corrected chi connectivity index (χ2v) is 7.73. The molecule has 0 fully saturated rings. The summed E-state index contributed by atoms with van der Waals surface area (Å²) in [4.78, 5) is 23.7. The van der Waals surface area contributed by atoms with Crippen LogP contribution in [0.4, 0.5) is 0 Å². The number of carbonyl (C=O) groups is 2. The minimum Gasteiger partial charge on any atom is -0.480 e. The highest BCUT2D eigenvalue weighted by Gasteiger charge is 2.27. The number of rotatable bonds is 9. The van der Waals surface area contributed by atoms with E-state index in [1.54, 1.807) is 20.8 Å². The third-order valence-electron chi connectivity index (χ3n) is 4.21. The molecule has 2 unspecified atom stereocenters. The molecule has 25 heavy (non-hydrogen) atoms. The molecular formula is C17H26N2O5S. The second kappa shape index (κ2) is 8.96. The van der Waals surface area contributed by atoms with Crippen LogP contribution in [0.5, 0.6) is 0 Å². The second-order valence-electron chi connectivity index (χ2n) is 5.79. The quantitative estimate of drug-likeness (QED) is 0.691. The number of benzene rings is 1. The van der Waals surface area contributed by atoms with Gasteiger partial charge in [0.2, 0.25) is 10.0 Å². The van der Waals surface area contributed by atoms with Gasteiger partial charge < -0.3 is 10.4 Å². The maximum absolute atomic E-state index is 12.6. The SMILES string of the molecule is CCC(C)C(NC(=O)c1cccc(S(=O)(=O)N(CC)CC)c1)C(=O)O. The smallest absolute Gasteiger partial charge is 0.326 e. The summed E-state index contributed by atoms with van der Waals surface area (Å²) in [5.41, 5.74) is 0.114. The lowest BCUT2D eigenvalue weighted by atomic mass is 9.99. The van der Waals surface area contributed by atoms with E-state index in [0.29, 0.717) is 19.5 Å². The van der Waals surface area contributed by atoms with E-state index < -0.39 is 27.9 Å². The van der Waals surface area contributed by atoms with Crippen molar-refractivity contribution in [2.24, 2.45) is 5.92 Å². The Balaban J connectivity index is 3.12. The van der Waals surface area contributed by atoms with Crippen molar-refractivity contribution in [1.82, 2.24) is 9.62 Å². The lowest BCUT2D eigenvalue weighted by Crippen LogP contribution is -2.45. The summed E-state index contributed by atoms with van der Waals surface area (Å²) in [6.07, 6.45) is 0.591. The molecule has 0 aromatic heterocycles. The van der Waals surface area contributed by atoms with Gasteiger partial charge in [0.25, 0.3) is 5.91 Å². The van der Waals surface area contributed by atoms with Crippen molar-refractivity contribution in [1.29, 1.82) is 0 Å². The van der Waals surface area contributed by atoms with E-state index in [9.17, 15) is 23.1 Å². The first-order valence-electron chi connectivity index (χ1n) is 8.32. The van der Waals surface area contributed by atoms with E-state index in [1.165, 1.54) is 28.6 Å². The molecular weight excluding hydrogens is 344 g/mol. The molecule has 1 aromatic carbocycles. The predicted octanol–water partition coefficient (Wildman–Crippen LogP) is 1.95. The maximum atomic E-state index is 12.6. The third kappa shape index (κ3) is 5.02. The molecule has 0 saturated heterocycles. The molecule has 0 aliphatic carbocycles. The van der Waals surface area contributed by atoms with Crippen LogP contribution in [0.1, 0.15) is 44.5 Å². The van der Waals surface area contributed by atoms with Gasteiger partial charge in [-0.25, -0.2) is 13.2 Å². The molecule has 7 nitrogen and oxygen atoms in total. The van der Waals surface area contributed by atoms with Gasteiger partial charge in [0.1, 0.15) is 6.04 Å². The first kappa shape index (κ1) is 21.1. The Morgan fingerprint density at radius 1 is 1.20 bits per heavy atom. The van der Waals surface area contributed by atoms with Crippen LogP contribution >= 0.6 is 0 Å². The number of carbonyl (C=O) groups excluding carboxylic acids is 1. The van der Waals surface area contributed by atoms with Crippen LogP contribution in [0.3, 0.4) is 0 Å². The predicted molar refractivity (Wildman–Crippen MR) is 94.9 cm³/mol. The zero-order chi connectivity index (χ0) is 19.2. The van der Waals surface area contributed by atoms with E-state index in [4.69, 9.17) is 0 Å². The topological polar surface area (TPSA) is 104 Å². The summed E-state index contributed by atoms with van der Waals surface area (Å²) in [6.45, 7) is 7.70. The normalized spacial score (nSPS) is 14.1. The average Bonchev–Trinajstić information content (AvgIpc) is 2.59. The molecule has 0 heterocycles. The number of carboxylic acids is 1. The van der Waals surface area contributed by atoms with Gasteiger partial charge in [0.05, 0.1) is 4.90 Å². The van der Waals surface area contributed by atoms with Crippen LogP contribution in [-0.4, -0.2) is 48.8 Å². The van der Waals surface area contributed by atoms with Crippen LogP contribution in [-0.2, 0) is 14.8 Å². The Morgan fingerprint density at radius 2 is 1.80 bits per heavy atom. The Labute approximate surface area is 149 Å². The van der Waals surface area contributed by atoms with Gasteiger partial charge in [0, 0.05) is 18.7 Å². The van der Waals surface area contributed by atoms with Gasteiger partial charge in [-0.2, -0.15) is 4.31 Å². The highest BCUT2D eigenvalue weighted by atomic mass is 32.2. The van der Waals surface area contributed by atoms with Gasteiger partial charge in [-0.15, -0.1) is 0 Å². The number of carboxylic acid groups (broad SMARTS) is 1. The Morgan fingerprint density at radius 3 is 2.28 bits per heavy atom. The molecule has 2 N–H and O–H groups in total. The molecule has 0 bridgehead atoms. The average molecular weight is 370 g/mol. The number of nitrogens with zero attached hydrogens (tertiary/aromatic N) is 1. The van der Waals surface area contributed by atoms with Gasteiger partial charge in [-0.1, -0.05) is 40.2 Å². The first-order chi connectivity index (χ1) is 11.7. The summed E-state index contributed by atoms with van der Waals surface area (Å²) in [6, 6.07) is 4.61. The van der Waals surface area contributed by atoms with Crippen molar-refractivity contribution >= 4 is 21.9 Å². The van der Waals surface area contributed by atoms with Crippen molar-refractivity contribution in [2.75, 3.05) is 13.1 Å². The van der Waals surface area contributed by atoms with E-state index in [-0.39, 0.29) is 16.4 Å². The van der Waals surface area contributed by atoms with Gasteiger partial charge in [0.15, 0.2) is 0 Å². The van der Waals surface area contributed by atoms with E-state index in [2.05, 4.69) is 5.32 Å². The fourth-order valence-electron chi connectivity index (χ4n) is 2.42. The van der Waals surface area contributed by atoms with Crippen molar-refractivity contribution in [3.63, 3.8) is 0 Å². The number of hydrogen-bond donors (Lipinski definition) is 2. The number of nitrogens with one attached hydrogen (secondary N) is 1. The summed E-state index contributed by atoms with van der Waals surface area (Å²) in [5, 5.41) is 11.7. The maximum Gasteiger partial charge on any atom is 0.326 e. The summed E-state index contributed by atoms with van der Waals surface area (Å²) in [5.74, 6) is -1.97. The van der Waals surface area contributed by atoms with Crippen LogP contribution in [0.25, 0.3) is 0 Å². The third-order valence-corrected chi connectivity index (χ3v) is 6.25. The molecule has 1 amide bonds. The van der Waals surface area contributed by atoms with Crippen molar-refractivity contribution in [3.05, 3.63) is 29.8 Å². The Bertz CT molecular complexity index is 714. The Hall–Kier alpha value is -1.93. The molecule has 0 spiro atoms. The minimum absolute atomic E-state index is 0.0132. The van der Waals surface area contributed by atoms with E-state index >= 15 is 0 Å². The molecule has 0 aliphatic rings. The highest BCUT2D eigenvalue weighted by molar-refractivity contribution is 7.89. The molecule has 0 radical (unpaired) electrons. The minimum atomic E-state index is -3.69. The molecule has 8 heteroatoms. The van der Waals surface area contributed by atoms with Gasteiger partial charge in [-0.05, 0) is 24.1 Å². The molecule has 1 rings (SSSR count). The Kier molecular flexibility index (Phi) is 7.57. The fraction of sp³-hybridized carbons (Fsp3) is 0.529. The molecule has 140 valence electrons. The van der Waals surface area contributed by atoms with Crippen molar-refractivity contribution in [2.45, 2.75) is 45.1 Å². The molecule has 0 saturated carbocycles. The number of hydrogen-bond acceptors (Lipinski definition) is 4. The standard InChI is InChI=1S/C17H26N2O5S/c1-5-12(4)15(17(21)22)18-16(20)13-9-8-10-14(11-13)25(23,24)19(6-2)7-3/h8-12,15H,5-7H2,1-4H3,(H,18,20)(H,21,22). The zero-order valence-corrected chi connectivity index (χ0v) is 15.8. The van der Waals surface area contributed by atoms with Crippen LogP contribution in [0.2, 0.25) is 0 Å². The van der Waals surface area contributed by atoms with Crippen LogP contribution in [0.15, 0.2) is 29.2 Å². The number of amides is 1. The lowest BCUT2D eigenvalue weighted by molar-refractivity contribution is -0.140. The number of aliphatic carboxylic acids is 1. The number of sulfonamides is 1. The fourth-order valence-corrected chi connectivity index (χ4v) is 3.92. The largest absolute Gasteiger partial charge is 0.480 e. The van der Waals surface area contributed by atoms with Crippen molar-refractivity contribution < 1.29 is 23.1 Å². The molecule has 1 aromatic rings. The van der Waals surface area contributed by atoms with Crippen LogP contribution < -0.4 is 5.32 Å². The molecule has 0 aliphatic heterocycles. The van der Waals surface area contributed by atoms with Crippen LogP contribution in [0, 0.1) is 5.92 Å². The van der Waals surface area contributed by atoms with E-state index in [1.807, 2.05) is 6.92 Å². The molecule has 2 atom stereocenters. The van der Waals surface area contributed by atoms with E-state index in [0.717, 1.165) is 0 Å². The van der Waals surface area contributed by atoms with Gasteiger partial charge in [-0.3, -0.25) is 4.79 Å². The van der Waals surface area contributed by atoms with Gasteiger partial charge >= 0.3 is 5.97 Å². The highest BCUT2D eigenvalue weighted by Crippen LogP contribution is 2.17.